The molecule has 0 heterocycles. The fraction of sp³-hybridized carbons (Fsp3) is 1.00. The molecule has 0 aromatic heterocycles. The topological polar surface area (TPSA) is 52.0 Å². The van der Waals surface area contributed by atoms with Gasteiger partial charge < -0.3 is 11.5 Å². The van der Waals surface area contributed by atoms with Crippen LogP contribution in [0.3, 0.4) is 0 Å². The maximum Gasteiger partial charge on any atom is 0.00399 e. The van der Waals surface area contributed by atoms with Gasteiger partial charge in [0.05, 0.1) is 0 Å². The van der Waals surface area contributed by atoms with Crippen molar-refractivity contribution in [2.75, 3.05) is 0 Å². The predicted molar refractivity (Wildman–Crippen MR) is 34.4 cm³/mol. The molecule has 4 N–H and O–H groups in total. The van der Waals surface area contributed by atoms with E-state index < -0.39 is 0 Å². The maximum absolute atomic E-state index is 5.22. The third-order valence-electron chi connectivity index (χ3n) is 1.24. The van der Waals surface area contributed by atoms with Crippen molar-refractivity contribution in [3.8, 4) is 0 Å². The molecule has 0 bridgehead atoms. The van der Waals surface area contributed by atoms with E-state index in [9.17, 15) is 0 Å². The van der Waals surface area contributed by atoms with E-state index in [0.29, 0.717) is 12.1 Å². The lowest BCUT2D eigenvalue weighted by atomic mass is 10.8. The van der Waals surface area contributed by atoms with Gasteiger partial charge in [0.1, 0.15) is 0 Å². The Morgan fingerprint density at radius 3 is 0.875 bits per heavy atom. The highest BCUT2D eigenvalue weighted by Gasteiger charge is 2.13. The summed E-state index contributed by atoms with van der Waals surface area (Å²) in [5.41, 5.74) is 10.4. The van der Waals surface area contributed by atoms with Gasteiger partial charge in [0, 0.05) is 12.1 Å². The molecule has 48 valence electrons. The normalized spacial score (nSPS) is 26.2. The second-order valence-corrected chi connectivity index (χ2v) is 2.67. The summed E-state index contributed by atoms with van der Waals surface area (Å²) in [5.74, 6) is 0. The Hall–Kier alpha value is -0.0800. The standard InChI is InChI=1S/2C3H7N/c2*4-3-1-2-3/h2*3H,1-2,4H2. The molecule has 2 nitrogen and oxygen atoms in total. The van der Waals surface area contributed by atoms with Crippen LogP contribution in [0, 0.1) is 0 Å². The van der Waals surface area contributed by atoms with E-state index in [2.05, 4.69) is 0 Å². The zero-order chi connectivity index (χ0) is 5.98. The Balaban J connectivity index is 0.0000000800. The Bertz CT molecular complexity index is 54.9. The van der Waals surface area contributed by atoms with Gasteiger partial charge >= 0.3 is 0 Å². The summed E-state index contributed by atoms with van der Waals surface area (Å²) >= 11 is 0. The van der Waals surface area contributed by atoms with E-state index in [1.54, 1.807) is 0 Å². The van der Waals surface area contributed by atoms with Crippen molar-refractivity contribution in [1.82, 2.24) is 0 Å². The molecule has 0 aliphatic heterocycles. The highest BCUT2D eigenvalue weighted by atomic mass is 14.7. The monoisotopic (exact) mass is 114 g/mol. The van der Waals surface area contributed by atoms with Gasteiger partial charge in [0.2, 0.25) is 0 Å². The van der Waals surface area contributed by atoms with Crippen LogP contribution in [0.5, 0.6) is 0 Å². The quantitative estimate of drug-likeness (QED) is 0.473. The summed E-state index contributed by atoms with van der Waals surface area (Å²) in [5, 5.41) is 0. The first kappa shape index (κ1) is 6.05. The zero-order valence-corrected chi connectivity index (χ0v) is 5.14. The van der Waals surface area contributed by atoms with Crippen molar-refractivity contribution in [1.29, 1.82) is 0 Å². The minimum atomic E-state index is 0.583. The molecule has 0 spiro atoms. The largest absolute Gasteiger partial charge is 0.328 e. The van der Waals surface area contributed by atoms with Crippen LogP contribution in [0.15, 0.2) is 0 Å². The Kier molecular flexibility index (Phi) is 1.86. The molecule has 2 rings (SSSR count). The summed E-state index contributed by atoms with van der Waals surface area (Å²) < 4.78 is 0. The Morgan fingerprint density at radius 2 is 0.875 bits per heavy atom. The van der Waals surface area contributed by atoms with Crippen molar-refractivity contribution in [2.45, 2.75) is 37.8 Å². The van der Waals surface area contributed by atoms with E-state index in [0.717, 1.165) is 0 Å². The molecule has 0 aromatic carbocycles. The maximum atomic E-state index is 5.22. The van der Waals surface area contributed by atoms with Gasteiger partial charge in [-0.05, 0) is 25.7 Å². The lowest BCUT2D eigenvalue weighted by Gasteiger charge is -1.58. The van der Waals surface area contributed by atoms with Gasteiger partial charge in [-0.1, -0.05) is 0 Å². The number of hydrogen-bond donors (Lipinski definition) is 2. The molecular weight excluding hydrogens is 100 g/mol. The second kappa shape index (κ2) is 2.46. The molecule has 0 radical (unpaired) electrons. The molecule has 0 atom stereocenters. The summed E-state index contributed by atoms with van der Waals surface area (Å²) in [4.78, 5) is 0. The zero-order valence-electron chi connectivity index (χ0n) is 5.14. The second-order valence-electron chi connectivity index (χ2n) is 2.67. The number of nitrogens with two attached hydrogens (primary N) is 2. The van der Waals surface area contributed by atoms with Crippen LogP contribution in [-0.4, -0.2) is 12.1 Å². The third-order valence-corrected chi connectivity index (χ3v) is 1.24. The van der Waals surface area contributed by atoms with Gasteiger partial charge in [-0.2, -0.15) is 0 Å². The first-order valence-corrected chi connectivity index (χ1v) is 3.30. The average Bonchev–Trinajstić information content (AvgIpc) is 2.47. The van der Waals surface area contributed by atoms with E-state index in [1.165, 1.54) is 25.7 Å². The minimum absolute atomic E-state index is 0.583. The summed E-state index contributed by atoms with van der Waals surface area (Å²) in [6.45, 7) is 0. The van der Waals surface area contributed by atoms with Crippen molar-refractivity contribution < 1.29 is 0 Å². The van der Waals surface area contributed by atoms with Crippen molar-refractivity contribution in [3.05, 3.63) is 0 Å². The number of hydrogen-bond acceptors (Lipinski definition) is 2. The van der Waals surface area contributed by atoms with Crippen LogP contribution in [0.25, 0.3) is 0 Å². The smallest absolute Gasteiger partial charge is 0.00399 e. The van der Waals surface area contributed by atoms with E-state index in [4.69, 9.17) is 11.5 Å². The Labute approximate surface area is 50.2 Å². The third kappa shape index (κ3) is 4.09. The minimum Gasteiger partial charge on any atom is -0.328 e. The SMILES string of the molecule is NC1CC1.NC1CC1. The van der Waals surface area contributed by atoms with Gasteiger partial charge in [-0.25, -0.2) is 0 Å². The number of rotatable bonds is 0. The van der Waals surface area contributed by atoms with Gasteiger partial charge in [-0.15, -0.1) is 0 Å². The fourth-order valence-corrected chi connectivity index (χ4v) is 0.192. The summed E-state index contributed by atoms with van der Waals surface area (Å²) in [6.07, 6.45) is 5.06. The van der Waals surface area contributed by atoms with Crippen molar-refractivity contribution >= 4 is 0 Å². The van der Waals surface area contributed by atoms with Gasteiger partial charge in [0.25, 0.3) is 0 Å². The first-order chi connectivity index (χ1) is 3.79. The highest BCUT2D eigenvalue weighted by molar-refractivity contribution is 4.75. The molecule has 8 heavy (non-hydrogen) atoms. The van der Waals surface area contributed by atoms with Crippen LogP contribution in [0.1, 0.15) is 25.7 Å². The van der Waals surface area contributed by atoms with Crippen molar-refractivity contribution in [2.24, 2.45) is 11.5 Å². The molecule has 0 aromatic rings. The van der Waals surface area contributed by atoms with Gasteiger partial charge in [-0.3, -0.25) is 0 Å². The molecule has 0 saturated heterocycles. The lowest BCUT2D eigenvalue weighted by Crippen LogP contribution is -1.94. The van der Waals surface area contributed by atoms with Crippen LogP contribution >= 0.6 is 0 Å². The first-order valence-electron chi connectivity index (χ1n) is 3.30. The molecule has 2 aliphatic carbocycles. The van der Waals surface area contributed by atoms with E-state index in [-0.39, 0.29) is 0 Å². The Morgan fingerprint density at radius 1 is 0.750 bits per heavy atom. The van der Waals surface area contributed by atoms with Crippen LogP contribution in [0.2, 0.25) is 0 Å². The van der Waals surface area contributed by atoms with Crippen LogP contribution in [-0.2, 0) is 0 Å². The van der Waals surface area contributed by atoms with Crippen LogP contribution < -0.4 is 11.5 Å². The van der Waals surface area contributed by atoms with Crippen molar-refractivity contribution in [3.63, 3.8) is 0 Å². The summed E-state index contributed by atoms with van der Waals surface area (Å²) in [6, 6.07) is 1.17. The molecule has 0 unspecified atom stereocenters. The molecule has 2 fully saturated rings. The fourth-order valence-electron chi connectivity index (χ4n) is 0.192. The molecule has 2 aliphatic rings. The van der Waals surface area contributed by atoms with E-state index in [1.807, 2.05) is 0 Å². The van der Waals surface area contributed by atoms with E-state index >= 15 is 0 Å². The van der Waals surface area contributed by atoms with Crippen LogP contribution in [0.4, 0.5) is 0 Å². The predicted octanol–water partition coefficient (Wildman–Crippen LogP) is 0.215. The molecular formula is C6H14N2. The molecule has 2 saturated carbocycles. The highest BCUT2D eigenvalue weighted by Crippen LogP contribution is 2.14. The molecule has 0 amide bonds. The lowest BCUT2D eigenvalue weighted by molar-refractivity contribution is 1.07. The summed E-state index contributed by atoms with van der Waals surface area (Å²) in [7, 11) is 0. The molecule has 2 heteroatoms. The van der Waals surface area contributed by atoms with Gasteiger partial charge in [0.15, 0.2) is 0 Å². The average molecular weight is 114 g/mol.